The highest BCUT2D eigenvalue weighted by molar-refractivity contribution is 5.27. The molecule has 1 aromatic rings. The van der Waals surface area contributed by atoms with Crippen molar-refractivity contribution in [3.05, 3.63) is 35.4 Å². The van der Waals surface area contributed by atoms with Crippen LogP contribution in [-0.2, 0) is 6.18 Å². The van der Waals surface area contributed by atoms with Gasteiger partial charge in [0.2, 0.25) is 0 Å². The highest BCUT2D eigenvalue weighted by Crippen LogP contribution is 2.50. The molecule has 1 fully saturated rings. The predicted molar refractivity (Wildman–Crippen MR) is 71.2 cm³/mol. The molecule has 1 aliphatic carbocycles. The number of rotatable bonds is 5. The Morgan fingerprint density at radius 1 is 1.40 bits per heavy atom. The summed E-state index contributed by atoms with van der Waals surface area (Å²) < 4.78 is 37.8. The summed E-state index contributed by atoms with van der Waals surface area (Å²) in [5, 5.41) is 13.1. The lowest BCUT2D eigenvalue weighted by Gasteiger charge is -2.15. The lowest BCUT2D eigenvalue weighted by Crippen LogP contribution is -2.24. The van der Waals surface area contributed by atoms with Gasteiger partial charge in [-0.15, -0.1) is 0 Å². The summed E-state index contributed by atoms with van der Waals surface area (Å²) in [6.45, 7) is 5.43. The van der Waals surface area contributed by atoms with Gasteiger partial charge in [-0.05, 0) is 42.0 Å². The molecular formula is C15H20F3NO. The fourth-order valence-electron chi connectivity index (χ4n) is 2.36. The Hall–Kier alpha value is -1.07. The molecule has 0 aromatic heterocycles. The zero-order valence-corrected chi connectivity index (χ0v) is 11.7. The van der Waals surface area contributed by atoms with Gasteiger partial charge in [0.25, 0.3) is 0 Å². The molecule has 0 heterocycles. The molecule has 20 heavy (non-hydrogen) atoms. The summed E-state index contributed by atoms with van der Waals surface area (Å²) in [4.78, 5) is 0. The Labute approximate surface area is 117 Å². The van der Waals surface area contributed by atoms with Gasteiger partial charge in [-0.2, -0.15) is 13.2 Å². The molecule has 0 bridgehead atoms. The third kappa shape index (κ3) is 3.73. The smallest absolute Gasteiger partial charge is 0.387 e. The summed E-state index contributed by atoms with van der Waals surface area (Å²) >= 11 is 0. The zero-order chi connectivity index (χ0) is 15.0. The standard InChI is InChI=1S/C15H20F3NO/c1-14(2)7-12(14)8-19-9-13(20)10-4-3-5-11(6-10)15(16,17)18/h3-6,12-13,19-20H,7-9H2,1-2H3. The number of hydrogen-bond donors (Lipinski definition) is 2. The fraction of sp³-hybridized carbons (Fsp3) is 0.600. The van der Waals surface area contributed by atoms with E-state index in [4.69, 9.17) is 0 Å². The molecule has 0 aliphatic heterocycles. The van der Waals surface area contributed by atoms with E-state index in [1.54, 1.807) is 0 Å². The maximum absolute atomic E-state index is 12.6. The van der Waals surface area contributed by atoms with Crippen molar-refractivity contribution in [1.29, 1.82) is 0 Å². The van der Waals surface area contributed by atoms with Gasteiger partial charge in [-0.1, -0.05) is 26.0 Å². The average Bonchev–Trinajstić information content (AvgIpc) is 2.96. The lowest BCUT2D eigenvalue weighted by atomic mass is 10.1. The van der Waals surface area contributed by atoms with Crippen molar-refractivity contribution in [3.8, 4) is 0 Å². The molecule has 2 nitrogen and oxygen atoms in total. The molecule has 2 rings (SSSR count). The van der Waals surface area contributed by atoms with Crippen LogP contribution in [0.25, 0.3) is 0 Å². The van der Waals surface area contributed by atoms with Crippen molar-refractivity contribution in [3.63, 3.8) is 0 Å². The van der Waals surface area contributed by atoms with Crippen LogP contribution >= 0.6 is 0 Å². The van der Waals surface area contributed by atoms with E-state index in [2.05, 4.69) is 19.2 Å². The second-order valence-electron chi connectivity index (χ2n) is 6.19. The van der Waals surface area contributed by atoms with Crippen LogP contribution in [0.15, 0.2) is 24.3 Å². The Kier molecular flexibility index (Phi) is 4.12. The molecule has 0 amide bonds. The monoisotopic (exact) mass is 287 g/mol. The van der Waals surface area contributed by atoms with Crippen LogP contribution in [0.2, 0.25) is 0 Å². The maximum Gasteiger partial charge on any atom is 0.416 e. The van der Waals surface area contributed by atoms with E-state index in [1.807, 2.05) is 0 Å². The average molecular weight is 287 g/mol. The van der Waals surface area contributed by atoms with Gasteiger partial charge in [0.15, 0.2) is 0 Å². The second-order valence-corrected chi connectivity index (χ2v) is 6.19. The fourth-order valence-corrected chi connectivity index (χ4v) is 2.36. The predicted octanol–water partition coefficient (Wildman–Crippen LogP) is 3.37. The number of halogens is 3. The largest absolute Gasteiger partial charge is 0.416 e. The highest BCUT2D eigenvalue weighted by Gasteiger charge is 2.44. The number of alkyl halides is 3. The van der Waals surface area contributed by atoms with Crippen molar-refractivity contribution >= 4 is 0 Å². The summed E-state index contributed by atoms with van der Waals surface area (Å²) in [5.41, 5.74) is -0.0755. The van der Waals surface area contributed by atoms with Gasteiger partial charge in [0.05, 0.1) is 11.7 Å². The summed E-state index contributed by atoms with van der Waals surface area (Å²) in [5.74, 6) is 0.594. The molecule has 1 saturated carbocycles. The van der Waals surface area contributed by atoms with Gasteiger partial charge >= 0.3 is 6.18 Å². The molecule has 1 aromatic carbocycles. The van der Waals surface area contributed by atoms with E-state index in [1.165, 1.54) is 12.1 Å². The van der Waals surface area contributed by atoms with Gasteiger partial charge in [0.1, 0.15) is 0 Å². The van der Waals surface area contributed by atoms with E-state index < -0.39 is 17.8 Å². The van der Waals surface area contributed by atoms with Gasteiger partial charge in [-0.3, -0.25) is 0 Å². The SMILES string of the molecule is CC1(C)CC1CNCC(O)c1cccc(C(F)(F)F)c1. The first-order valence-electron chi connectivity index (χ1n) is 6.76. The number of nitrogens with one attached hydrogen (secondary N) is 1. The van der Waals surface area contributed by atoms with Crippen molar-refractivity contribution in [1.82, 2.24) is 5.32 Å². The Morgan fingerprint density at radius 2 is 2.05 bits per heavy atom. The van der Waals surface area contributed by atoms with Crippen LogP contribution in [0, 0.1) is 11.3 Å². The number of hydrogen-bond acceptors (Lipinski definition) is 2. The maximum atomic E-state index is 12.6. The highest BCUT2D eigenvalue weighted by atomic mass is 19.4. The minimum absolute atomic E-state index is 0.272. The molecular weight excluding hydrogens is 267 g/mol. The van der Waals surface area contributed by atoms with Gasteiger partial charge in [0, 0.05) is 6.54 Å². The quantitative estimate of drug-likeness (QED) is 0.870. The van der Waals surface area contributed by atoms with Crippen molar-refractivity contribution in [2.24, 2.45) is 11.3 Å². The third-order valence-corrected chi connectivity index (χ3v) is 4.04. The topological polar surface area (TPSA) is 32.3 Å². The second kappa shape index (κ2) is 5.37. The van der Waals surface area contributed by atoms with E-state index in [0.29, 0.717) is 16.9 Å². The molecule has 0 saturated heterocycles. The molecule has 0 radical (unpaired) electrons. The number of aliphatic hydroxyl groups is 1. The van der Waals surface area contributed by atoms with E-state index in [-0.39, 0.29) is 6.54 Å². The molecule has 2 atom stereocenters. The lowest BCUT2D eigenvalue weighted by molar-refractivity contribution is -0.137. The molecule has 2 unspecified atom stereocenters. The Bertz CT molecular complexity index is 470. The van der Waals surface area contributed by atoms with Crippen LogP contribution < -0.4 is 5.32 Å². The van der Waals surface area contributed by atoms with Crippen LogP contribution in [-0.4, -0.2) is 18.2 Å². The minimum atomic E-state index is -4.37. The Morgan fingerprint density at radius 3 is 2.60 bits per heavy atom. The van der Waals surface area contributed by atoms with Gasteiger partial charge in [-0.25, -0.2) is 0 Å². The first-order valence-corrected chi connectivity index (χ1v) is 6.76. The van der Waals surface area contributed by atoms with Crippen LogP contribution in [0.3, 0.4) is 0 Å². The van der Waals surface area contributed by atoms with Crippen molar-refractivity contribution in [2.75, 3.05) is 13.1 Å². The van der Waals surface area contributed by atoms with E-state index >= 15 is 0 Å². The Balaban J connectivity index is 1.87. The third-order valence-electron chi connectivity index (χ3n) is 4.04. The summed E-state index contributed by atoms with van der Waals surface area (Å²) in [7, 11) is 0. The normalized spacial score (nSPS) is 22.6. The molecule has 0 spiro atoms. The van der Waals surface area contributed by atoms with Crippen molar-refractivity contribution in [2.45, 2.75) is 32.5 Å². The first-order chi connectivity index (χ1) is 9.20. The van der Waals surface area contributed by atoms with E-state index in [9.17, 15) is 18.3 Å². The minimum Gasteiger partial charge on any atom is -0.387 e. The molecule has 2 N–H and O–H groups in total. The first kappa shape index (κ1) is 15.3. The number of aliphatic hydroxyl groups excluding tert-OH is 1. The molecule has 112 valence electrons. The van der Waals surface area contributed by atoms with Gasteiger partial charge < -0.3 is 10.4 Å². The van der Waals surface area contributed by atoms with Crippen LogP contribution in [0.5, 0.6) is 0 Å². The summed E-state index contributed by atoms with van der Waals surface area (Å²) in [6, 6.07) is 4.86. The molecule has 1 aliphatic rings. The van der Waals surface area contributed by atoms with Crippen LogP contribution in [0.4, 0.5) is 13.2 Å². The van der Waals surface area contributed by atoms with Crippen molar-refractivity contribution < 1.29 is 18.3 Å². The number of benzene rings is 1. The molecule has 5 heteroatoms. The van der Waals surface area contributed by atoms with Crippen LogP contribution in [0.1, 0.15) is 37.5 Å². The van der Waals surface area contributed by atoms with E-state index in [0.717, 1.165) is 25.1 Å². The summed E-state index contributed by atoms with van der Waals surface area (Å²) in [6.07, 6.45) is -4.14. The zero-order valence-electron chi connectivity index (χ0n) is 11.7.